The van der Waals surface area contributed by atoms with Crippen LogP contribution in [0.1, 0.15) is 37.1 Å². The van der Waals surface area contributed by atoms with Gasteiger partial charge in [-0.1, -0.05) is 37.3 Å². The number of nitrogens with zero attached hydrogens (tertiary/aromatic N) is 3. The molecule has 1 fully saturated rings. The molecule has 0 bridgehead atoms. The van der Waals surface area contributed by atoms with Gasteiger partial charge in [0.15, 0.2) is 5.65 Å². The molecule has 0 radical (unpaired) electrons. The lowest BCUT2D eigenvalue weighted by atomic mass is 9.96. The minimum absolute atomic E-state index is 0.511. The van der Waals surface area contributed by atoms with Crippen LogP contribution in [0.25, 0.3) is 16.7 Å². The van der Waals surface area contributed by atoms with Crippen LogP contribution >= 0.6 is 0 Å². The van der Waals surface area contributed by atoms with E-state index in [2.05, 4.69) is 57.7 Å². The molecule has 1 aliphatic rings. The molecule has 5 rings (SSSR count). The quantitative estimate of drug-likeness (QED) is 0.597. The van der Waals surface area contributed by atoms with E-state index < -0.39 is 0 Å². The smallest absolute Gasteiger partial charge is 0.154 e. The molecule has 1 N–H and O–H groups in total. The summed E-state index contributed by atoms with van der Waals surface area (Å²) in [6, 6.07) is 13.0. The number of hydrogen-bond acceptors (Lipinski definition) is 2. The predicted octanol–water partition coefficient (Wildman–Crippen LogP) is 4.58. The lowest BCUT2D eigenvalue weighted by Crippen LogP contribution is -2.07. The van der Waals surface area contributed by atoms with Crippen molar-refractivity contribution in [2.45, 2.75) is 32.1 Å². The number of nitrogens with one attached hydrogen (secondary N) is 1. The van der Waals surface area contributed by atoms with Gasteiger partial charge in [0.2, 0.25) is 0 Å². The Morgan fingerprint density at radius 3 is 2.80 bits per heavy atom. The van der Waals surface area contributed by atoms with Gasteiger partial charge in [0.1, 0.15) is 5.82 Å². The van der Waals surface area contributed by atoms with Crippen LogP contribution in [0.3, 0.4) is 0 Å². The fourth-order valence-corrected chi connectivity index (χ4v) is 4.61. The van der Waals surface area contributed by atoms with Gasteiger partial charge in [-0.2, -0.15) is 0 Å². The van der Waals surface area contributed by atoms with Crippen molar-refractivity contribution in [2.24, 2.45) is 11.8 Å². The summed E-state index contributed by atoms with van der Waals surface area (Å²) >= 11 is 0. The molecule has 3 aromatic heterocycles. The third kappa shape index (κ3) is 2.44. The molecule has 25 heavy (non-hydrogen) atoms. The summed E-state index contributed by atoms with van der Waals surface area (Å²) < 4.78 is 2.30. The van der Waals surface area contributed by atoms with Gasteiger partial charge in [-0.15, -0.1) is 0 Å². The predicted molar refractivity (Wildman–Crippen MR) is 99.6 cm³/mol. The van der Waals surface area contributed by atoms with Crippen LogP contribution in [-0.2, 0) is 6.42 Å². The molecule has 0 aliphatic heterocycles. The van der Waals surface area contributed by atoms with Gasteiger partial charge < -0.3 is 4.98 Å². The zero-order chi connectivity index (χ0) is 16.8. The molecular formula is C21H22N4. The summed E-state index contributed by atoms with van der Waals surface area (Å²) in [5.74, 6) is 3.10. The van der Waals surface area contributed by atoms with Crippen molar-refractivity contribution >= 4 is 16.7 Å². The SMILES string of the molecule is C[C@H]1C[C@H](Cc2ccccc2)C[C@H]1c1ncc2cnc3[nH]ccc3n12. The fraction of sp³-hybridized carbons (Fsp3) is 0.333. The van der Waals surface area contributed by atoms with E-state index >= 15 is 0 Å². The molecule has 3 heterocycles. The van der Waals surface area contributed by atoms with Gasteiger partial charge in [-0.25, -0.2) is 9.97 Å². The molecule has 4 aromatic rings. The van der Waals surface area contributed by atoms with Crippen LogP contribution in [0.15, 0.2) is 55.0 Å². The number of aromatic amines is 1. The molecule has 0 saturated heterocycles. The van der Waals surface area contributed by atoms with Crippen molar-refractivity contribution in [3.05, 3.63) is 66.4 Å². The molecule has 0 unspecified atom stereocenters. The van der Waals surface area contributed by atoms with Crippen LogP contribution in [0.5, 0.6) is 0 Å². The lowest BCUT2D eigenvalue weighted by molar-refractivity contribution is 0.501. The summed E-state index contributed by atoms with van der Waals surface area (Å²) in [5, 5.41) is 0. The van der Waals surface area contributed by atoms with Crippen LogP contribution in [0.2, 0.25) is 0 Å². The summed E-state index contributed by atoms with van der Waals surface area (Å²) in [5.41, 5.74) is 4.59. The van der Waals surface area contributed by atoms with Crippen molar-refractivity contribution < 1.29 is 0 Å². The van der Waals surface area contributed by atoms with Gasteiger partial charge in [0, 0.05) is 12.1 Å². The van der Waals surface area contributed by atoms with Gasteiger partial charge >= 0.3 is 0 Å². The van der Waals surface area contributed by atoms with Gasteiger partial charge in [-0.05, 0) is 42.7 Å². The van der Waals surface area contributed by atoms with E-state index in [1.165, 1.54) is 30.7 Å². The Morgan fingerprint density at radius 1 is 1.08 bits per heavy atom. The Kier molecular flexibility index (Phi) is 3.37. The topological polar surface area (TPSA) is 46.0 Å². The summed E-state index contributed by atoms with van der Waals surface area (Å²) in [6.07, 6.45) is 9.49. The summed E-state index contributed by atoms with van der Waals surface area (Å²) in [6.45, 7) is 2.38. The monoisotopic (exact) mass is 330 g/mol. The van der Waals surface area contributed by atoms with Crippen molar-refractivity contribution in [1.82, 2.24) is 19.4 Å². The lowest BCUT2D eigenvalue weighted by Gasteiger charge is -2.14. The largest absolute Gasteiger partial charge is 0.345 e. The van der Waals surface area contributed by atoms with Crippen molar-refractivity contribution in [3.63, 3.8) is 0 Å². The van der Waals surface area contributed by atoms with E-state index in [4.69, 9.17) is 4.98 Å². The Balaban J connectivity index is 1.49. The Labute approximate surface area is 146 Å². The van der Waals surface area contributed by atoms with Crippen LogP contribution in [-0.4, -0.2) is 19.4 Å². The van der Waals surface area contributed by atoms with Crippen molar-refractivity contribution in [3.8, 4) is 0 Å². The molecule has 126 valence electrons. The molecule has 1 aliphatic carbocycles. The Bertz CT molecular complexity index is 1010. The second kappa shape index (κ2) is 5.73. The highest BCUT2D eigenvalue weighted by atomic mass is 15.1. The van der Waals surface area contributed by atoms with Crippen molar-refractivity contribution in [1.29, 1.82) is 0 Å². The second-order valence-electron chi connectivity index (χ2n) is 7.46. The van der Waals surface area contributed by atoms with Gasteiger partial charge in [-0.3, -0.25) is 4.40 Å². The Hall–Kier alpha value is -2.62. The third-order valence-corrected chi connectivity index (χ3v) is 5.77. The first-order valence-electron chi connectivity index (χ1n) is 9.13. The molecule has 0 spiro atoms. The maximum absolute atomic E-state index is 4.81. The zero-order valence-electron chi connectivity index (χ0n) is 14.4. The molecular weight excluding hydrogens is 308 g/mol. The minimum Gasteiger partial charge on any atom is -0.345 e. The molecule has 3 atom stereocenters. The molecule has 1 aromatic carbocycles. The first kappa shape index (κ1) is 14.7. The number of aromatic nitrogens is 4. The maximum atomic E-state index is 4.81. The van der Waals surface area contributed by atoms with E-state index in [9.17, 15) is 0 Å². The van der Waals surface area contributed by atoms with E-state index in [0.717, 1.165) is 22.6 Å². The fourth-order valence-electron chi connectivity index (χ4n) is 4.61. The highest BCUT2D eigenvalue weighted by Gasteiger charge is 2.35. The molecule has 4 heteroatoms. The number of imidazole rings is 1. The third-order valence-electron chi connectivity index (χ3n) is 5.77. The standard InChI is InChI=1S/C21H22N4/c1-14-9-16(10-15-5-3-2-4-6-15)11-18(14)21-24-13-17-12-23-20-19(25(17)21)7-8-22-20/h2-8,12-14,16,18,22H,9-11H2,1H3/t14-,16+,18+/m0/s1. The van der Waals surface area contributed by atoms with Gasteiger partial charge in [0.25, 0.3) is 0 Å². The molecule has 1 saturated carbocycles. The average Bonchev–Trinajstić information content (AvgIpc) is 3.32. The molecule has 4 nitrogen and oxygen atoms in total. The average molecular weight is 330 g/mol. The highest BCUT2D eigenvalue weighted by Crippen LogP contribution is 2.44. The molecule has 0 amide bonds. The summed E-state index contributed by atoms with van der Waals surface area (Å²) in [4.78, 5) is 12.5. The minimum atomic E-state index is 0.511. The van der Waals surface area contributed by atoms with E-state index in [0.29, 0.717) is 11.8 Å². The normalized spacial score (nSPS) is 23.6. The number of H-pyrrole nitrogens is 1. The number of fused-ring (bicyclic) bond motifs is 3. The number of rotatable bonds is 3. The summed E-state index contributed by atoms with van der Waals surface area (Å²) in [7, 11) is 0. The van der Waals surface area contributed by atoms with Crippen LogP contribution in [0.4, 0.5) is 0 Å². The van der Waals surface area contributed by atoms with Crippen LogP contribution < -0.4 is 0 Å². The van der Waals surface area contributed by atoms with E-state index in [1.807, 2.05) is 18.6 Å². The zero-order valence-corrected chi connectivity index (χ0v) is 14.4. The highest BCUT2D eigenvalue weighted by molar-refractivity contribution is 5.75. The van der Waals surface area contributed by atoms with Crippen LogP contribution in [0, 0.1) is 11.8 Å². The number of hydrogen-bond donors (Lipinski definition) is 1. The van der Waals surface area contributed by atoms with Crippen molar-refractivity contribution in [2.75, 3.05) is 0 Å². The van der Waals surface area contributed by atoms with Gasteiger partial charge in [0.05, 0.1) is 23.4 Å². The number of benzene rings is 1. The maximum Gasteiger partial charge on any atom is 0.154 e. The second-order valence-corrected chi connectivity index (χ2v) is 7.46. The first-order valence-corrected chi connectivity index (χ1v) is 9.13. The Morgan fingerprint density at radius 2 is 1.92 bits per heavy atom. The van der Waals surface area contributed by atoms with E-state index in [-0.39, 0.29) is 0 Å². The first-order chi connectivity index (χ1) is 12.3. The van der Waals surface area contributed by atoms with E-state index in [1.54, 1.807) is 0 Å².